The molecule has 2 N–H and O–H groups in total. The molecule has 0 saturated heterocycles. The van der Waals surface area contributed by atoms with Crippen LogP contribution in [0.15, 0.2) is 77.2 Å². The molecule has 1 aliphatic rings. The van der Waals surface area contributed by atoms with Gasteiger partial charge in [-0.25, -0.2) is 4.98 Å². The van der Waals surface area contributed by atoms with E-state index in [0.29, 0.717) is 12.5 Å². The molecule has 1 aromatic heterocycles. The number of hydrogen-bond acceptors (Lipinski definition) is 4. The van der Waals surface area contributed by atoms with Gasteiger partial charge < -0.3 is 14.9 Å². The minimum atomic E-state index is -0.0658. The van der Waals surface area contributed by atoms with Crippen LogP contribution in [0, 0.1) is 0 Å². The van der Waals surface area contributed by atoms with E-state index in [1.807, 2.05) is 42.5 Å². The van der Waals surface area contributed by atoms with Crippen molar-refractivity contribution in [2.75, 3.05) is 0 Å². The summed E-state index contributed by atoms with van der Waals surface area (Å²) >= 11 is 0. The van der Waals surface area contributed by atoms with E-state index in [1.165, 1.54) is 11.1 Å². The first kappa shape index (κ1) is 17.2. The first-order valence-electron chi connectivity index (χ1n) is 9.68. The standard InChI is InChI=1S/C24H22N2O2/c25-23-19-6-2-1-5-17(19)13-14-22(23)27-15-16-9-11-18(12-10-16)24-26-20-7-3-4-8-21(20)28-24/h1-12,22-23H,13-15,25H2. The van der Waals surface area contributed by atoms with Crippen molar-refractivity contribution in [3.05, 3.63) is 89.5 Å². The van der Waals surface area contributed by atoms with E-state index in [1.54, 1.807) is 0 Å². The molecule has 1 aliphatic carbocycles. The van der Waals surface area contributed by atoms with E-state index < -0.39 is 0 Å². The molecule has 0 spiro atoms. The number of ether oxygens (including phenoxy) is 1. The fourth-order valence-corrected chi connectivity index (χ4v) is 3.89. The minimum Gasteiger partial charge on any atom is -0.436 e. The third kappa shape index (κ3) is 3.21. The second-order valence-electron chi connectivity index (χ2n) is 7.30. The zero-order valence-corrected chi connectivity index (χ0v) is 15.5. The van der Waals surface area contributed by atoms with Gasteiger partial charge in [0.05, 0.1) is 18.8 Å². The smallest absolute Gasteiger partial charge is 0.227 e. The van der Waals surface area contributed by atoms with Gasteiger partial charge in [0.2, 0.25) is 5.89 Å². The Morgan fingerprint density at radius 2 is 1.75 bits per heavy atom. The lowest BCUT2D eigenvalue weighted by atomic mass is 9.86. The first-order chi connectivity index (χ1) is 13.8. The van der Waals surface area contributed by atoms with Crippen molar-refractivity contribution in [2.45, 2.75) is 31.6 Å². The second-order valence-corrected chi connectivity index (χ2v) is 7.30. The van der Waals surface area contributed by atoms with Crippen molar-refractivity contribution in [2.24, 2.45) is 5.73 Å². The van der Waals surface area contributed by atoms with Crippen molar-refractivity contribution in [3.63, 3.8) is 0 Å². The molecule has 2 atom stereocenters. The maximum atomic E-state index is 6.45. The van der Waals surface area contributed by atoms with E-state index in [-0.39, 0.29) is 12.1 Å². The lowest BCUT2D eigenvalue weighted by Crippen LogP contribution is -2.33. The molecule has 5 rings (SSSR count). The minimum absolute atomic E-state index is 0.0478. The highest BCUT2D eigenvalue weighted by molar-refractivity contribution is 5.75. The van der Waals surface area contributed by atoms with Crippen LogP contribution in [0.1, 0.15) is 29.2 Å². The first-order valence-corrected chi connectivity index (χ1v) is 9.68. The summed E-state index contributed by atoms with van der Waals surface area (Å²) in [6.07, 6.45) is 2.02. The quantitative estimate of drug-likeness (QED) is 0.547. The van der Waals surface area contributed by atoms with Crippen molar-refractivity contribution in [1.82, 2.24) is 4.98 Å². The normalized spacial score (nSPS) is 18.9. The average Bonchev–Trinajstić information content (AvgIpc) is 3.18. The fourth-order valence-electron chi connectivity index (χ4n) is 3.89. The number of oxazole rings is 1. The number of rotatable bonds is 4. The lowest BCUT2D eigenvalue weighted by Gasteiger charge is -2.31. The largest absolute Gasteiger partial charge is 0.436 e. The van der Waals surface area contributed by atoms with Crippen LogP contribution < -0.4 is 5.73 Å². The second kappa shape index (κ2) is 7.23. The van der Waals surface area contributed by atoms with Crippen LogP contribution in [0.25, 0.3) is 22.6 Å². The predicted octanol–water partition coefficient (Wildman–Crippen LogP) is 5.03. The van der Waals surface area contributed by atoms with Crippen molar-refractivity contribution >= 4 is 11.1 Å². The van der Waals surface area contributed by atoms with Crippen LogP contribution in [0.4, 0.5) is 0 Å². The summed E-state index contributed by atoms with van der Waals surface area (Å²) in [5, 5.41) is 0. The topological polar surface area (TPSA) is 61.3 Å². The summed E-state index contributed by atoms with van der Waals surface area (Å²) in [6, 6.07) is 24.3. The maximum Gasteiger partial charge on any atom is 0.227 e. The Kier molecular flexibility index (Phi) is 4.43. The molecular formula is C24H22N2O2. The average molecular weight is 370 g/mol. The zero-order chi connectivity index (χ0) is 18.9. The molecule has 0 saturated carbocycles. The molecule has 3 aromatic carbocycles. The van der Waals surface area contributed by atoms with Gasteiger partial charge in [-0.15, -0.1) is 0 Å². The SMILES string of the molecule is NC1c2ccccc2CCC1OCc1ccc(-c2nc3ccccc3o2)cc1. The number of hydrogen-bond donors (Lipinski definition) is 1. The molecule has 0 aliphatic heterocycles. The Balaban J connectivity index is 1.27. The van der Waals surface area contributed by atoms with Crippen LogP contribution >= 0.6 is 0 Å². The Morgan fingerprint density at radius 1 is 0.964 bits per heavy atom. The number of para-hydroxylation sites is 2. The third-order valence-corrected chi connectivity index (χ3v) is 5.47. The van der Waals surface area contributed by atoms with Gasteiger partial charge in [0, 0.05) is 5.56 Å². The number of benzene rings is 3. The molecule has 4 heteroatoms. The number of nitrogens with zero attached hydrogens (tertiary/aromatic N) is 1. The van der Waals surface area contributed by atoms with E-state index in [2.05, 4.69) is 35.3 Å². The van der Waals surface area contributed by atoms with Crippen LogP contribution in [0.2, 0.25) is 0 Å². The van der Waals surface area contributed by atoms with E-state index >= 15 is 0 Å². The Labute approximate surface area is 164 Å². The highest BCUT2D eigenvalue weighted by Crippen LogP contribution is 2.31. The maximum absolute atomic E-state index is 6.45. The molecular weight excluding hydrogens is 348 g/mol. The molecule has 28 heavy (non-hydrogen) atoms. The molecule has 0 amide bonds. The highest BCUT2D eigenvalue weighted by Gasteiger charge is 2.26. The molecule has 0 bridgehead atoms. The van der Waals surface area contributed by atoms with E-state index in [9.17, 15) is 0 Å². The Morgan fingerprint density at radius 3 is 2.61 bits per heavy atom. The van der Waals surface area contributed by atoms with Gasteiger partial charge in [0.25, 0.3) is 0 Å². The van der Waals surface area contributed by atoms with E-state index in [4.69, 9.17) is 14.9 Å². The molecule has 0 radical (unpaired) electrons. The summed E-state index contributed by atoms with van der Waals surface area (Å²) in [5.41, 5.74) is 12.8. The van der Waals surface area contributed by atoms with Gasteiger partial charge in [-0.2, -0.15) is 0 Å². The van der Waals surface area contributed by atoms with Crippen molar-refractivity contribution in [3.8, 4) is 11.5 Å². The van der Waals surface area contributed by atoms with Crippen LogP contribution in [-0.4, -0.2) is 11.1 Å². The monoisotopic (exact) mass is 370 g/mol. The van der Waals surface area contributed by atoms with Gasteiger partial charge in [0.15, 0.2) is 5.58 Å². The fraction of sp³-hybridized carbons (Fsp3) is 0.208. The molecule has 0 fully saturated rings. The summed E-state index contributed by atoms with van der Waals surface area (Å²) in [7, 11) is 0. The summed E-state index contributed by atoms with van der Waals surface area (Å²) in [6.45, 7) is 0.550. The van der Waals surface area contributed by atoms with Crippen molar-refractivity contribution < 1.29 is 9.15 Å². The molecule has 2 unspecified atom stereocenters. The van der Waals surface area contributed by atoms with Gasteiger partial charge in [-0.1, -0.05) is 48.5 Å². The highest BCUT2D eigenvalue weighted by atomic mass is 16.5. The molecule has 4 aromatic rings. The molecule has 4 nitrogen and oxygen atoms in total. The van der Waals surface area contributed by atoms with Gasteiger partial charge in [-0.3, -0.25) is 0 Å². The summed E-state index contributed by atoms with van der Waals surface area (Å²) < 4.78 is 12.0. The summed E-state index contributed by atoms with van der Waals surface area (Å²) in [4.78, 5) is 4.55. The van der Waals surface area contributed by atoms with E-state index in [0.717, 1.165) is 35.1 Å². The molecule has 140 valence electrons. The third-order valence-electron chi connectivity index (χ3n) is 5.47. The van der Waals surface area contributed by atoms with Gasteiger partial charge >= 0.3 is 0 Å². The number of fused-ring (bicyclic) bond motifs is 2. The van der Waals surface area contributed by atoms with Crippen LogP contribution in [0.3, 0.4) is 0 Å². The number of nitrogens with two attached hydrogens (primary N) is 1. The Bertz CT molecular complexity index is 1070. The van der Waals surface area contributed by atoms with Crippen LogP contribution in [-0.2, 0) is 17.8 Å². The number of aromatic nitrogens is 1. The van der Waals surface area contributed by atoms with Crippen molar-refractivity contribution in [1.29, 1.82) is 0 Å². The Hall–Kier alpha value is -2.95. The number of aryl methyl sites for hydroxylation is 1. The van der Waals surface area contributed by atoms with Gasteiger partial charge in [-0.05, 0) is 53.8 Å². The van der Waals surface area contributed by atoms with Gasteiger partial charge in [0.1, 0.15) is 5.52 Å². The van der Waals surface area contributed by atoms with Crippen LogP contribution in [0.5, 0.6) is 0 Å². The molecule has 1 heterocycles. The summed E-state index contributed by atoms with van der Waals surface area (Å²) in [5.74, 6) is 0.638. The predicted molar refractivity (Wildman–Crippen MR) is 110 cm³/mol. The lowest BCUT2D eigenvalue weighted by molar-refractivity contribution is 0.0135. The zero-order valence-electron chi connectivity index (χ0n) is 15.5.